The molecule has 1 rings (SSSR count). The molecule has 0 aliphatic carbocycles. The fraction of sp³-hybridized carbons (Fsp3) is 0.222. The van der Waals surface area contributed by atoms with Crippen LogP contribution in [0, 0.1) is 0 Å². The number of rotatable bonds is 3. The van der Waals surface area contributed by atoms with Gasteiger partial charge in [0.05, 0.1) is 4.47 Å². The Morgan fingerprint density at radius 1 is 1.57 bits per heavy atom. The minimum Gasteiger partial charge on any atom is -0.480 e. The molecule has 0 aromatic heterocycles. The van der Waals surface area contributed by atoms with Gasteiger partial charge in [0.25, 0.3) is 5.91 Å². The molecule has 5 heteroatoms. The number of para-hydroxylation sites is 1. The molecule has 0 saturated heterocycles. The van der Waals surface area contributed by atoms with Crippen molar-refractivity contribution < 1.29 is 9.53 Å². The molecule has 0 spiro atoms. The third kappa shape index (κ3) is 2.71. The van der Waals surface area contributed by atoms with E-state index in [4.69, 9.17) is 10.6 Å². The van der Waals surface area contributed by atoms with Crippen LogP contribution in [0.25, 0.3) is 0 Å². The minimum atomic E-state index is -0.612. The molecule has 1 aromatic carbocycles. The van der Waals surface area contributed by atoms with Crippen LogP contribution >= 0.6 is 15.9 Å². The van der Waals surface area contributed by atoms with Crippen molar-refractivity contribution in [1.82, 2.24) is 5.43 Å². The number of hydrogen-bond donors (Lipinski definition) is 2. The summed E-state index contributed by atoms with van der Waals surface area (Å²) in [5, 5.41) is 0. The zero-order chi connectivity index (χ0) is 10.6. The number of hydrogen-bond acceptors (Lipinski definition) is 3. The average Bonchev–Trinajstić information content (AvgIpc) is 2.20. The summed E-state index contributed by atoms with van der Waals surface area (Å²) >= 11 is 3.31. The number of nitrogens with one attached hydrogen (secondary N) is 1. The van der Waals surface area contributed by atoms with Gasteiger partial charge in [-0.2, -0.15) is 0 Å². The van der Waals surface area contributed by atoms with Gasteiger partial charge in [0, 0.05) is 0 Å². The number of nitrogens with two attached hydrogens (primary N) is 1. The molecule has 14 heavy (non-hydrogen) atoms. The van der Waals surface area contributed by atoms with Gasteiger partial charge < -0.3 is 4.74 Å². The van der Waals surface area contributed by atoms with Crippen LogP contribution in [0.3, 0.4) is 0 Å². The molecule has 1 amide bonds. The van der Waals surface area contributed by atoms with E-state index >= 15 is 0 Å². The van der Waals surface area contributed by atoms with Crippen molar-refractivity contribution in [3.8, 4) is 5.75 Å². The number of carbonyl (C=O) groups excluding carboxylic acids is 1. The molecule has 0 unspecified atom stereocenters. The zero-order valence-corrected chi connectivity index (χ0v) is 9.24. The molecule has 4 nitrogen and oxygen atoms in total. The Hall–Kier alpha value is -1.07. The Labute approximate surface area is 90.5 Å². The van der Waals surface area contributed by atoms with Crippen molar-refractivity contribution >= 4 is 21.8 Å². The van der Waals surface area contributed by atoms with Crippen LogP contribution in [0.4, 0.5) is 0 Å². The maximum Gasteiger partial charge on any atom is 0.274 e. The topological polar surface area (TPSA) is 64.3 Å². The molecule has 76 valence electrons. The monoisotopic (exact) mass is 258 g/mol. The van der Waals surface area contributed by atoms with Gasteiger partial charge in [0.2, 0.25) is 0 Å². The van der Waals surface area contributed by atoms with Crippen LogP contribution in [-0.4, -0.2) is 12.0 Å². The van der Waals surface area contributed by atoms with E-state index in [-0.39, 0.29) is 5.91 Å². The second-order valence-electron chi connectivity index (χ2n) is 2.70. The molecule has 0 heterocycles. The number of amides is 1. The molecule has 0 radical (unpaired) electrons. The maximum atomic E-state index is 11.1. The molecule has 0 aliphatic rings. The summed E-state index contributed by atoms with van der Waals surface area (Å²) in [6.45, 7) is 1.63. The first-order valence-corrected chi connectivity index (χ1v) is 4.86. The number of benzene rings is 1. The van der Waals surface area contributed by atoms with Crippen molar-refractivity contribution in [2.24, 2.45) is 5.84 Å². The highest BCUT2D eigenvalue weighted by Crippen LogP contribution is 2.24. The molecule has 0 aliphatic heterocycles. The van der Waals surface area contributed by atoms with Crippen LogP contribution in [0.5, 0.6) is 5.75 Å². The van der Waals surface area contributed by atoms with Crippen LogP contribution in [0.2, 0.25) is 0 Å². The Kier molecular flexibility index (Phi) is 3.91. The quantitative estimate of drug-likeness (QED) is 0.487. The summed E-state index contributed by atoms with van der Waals surface area (Å²) in [6, 6.07) is 7.30. The lowest BCUT2D eigenvalue weighted by molar-refractivity contribution is -0.127. The highest BCUT2D eigenvalue weighted by molar-refractivity contribution is 9.10. The van der Waals surface area contributed by atoms with Crippen molar-refractivity contribution in [1.29, 1.82) is 0 Å². The summed E-state index contributed by atoms with van der Waals surface area (Å²) in [5.74, 6) is 5.23. The maximum absolute atomic E-state index is 11.1. The third-order valence-corrected chi connectivity index (χ3v) is 2.31. The van der Waals surface area contributed by atoms with E-state index in [9.17, 15) is 4.79 Å². The van der Waals surface area contributed by atoms with Gasteiger partial charge >= 0.3 is 0 Å². The van der Waals surface area contributed by atoms with E-state index in [1.807, 2.05) is 23.6 Å². The average molecular weight is 259 g/mol. The lowest BCUT2D eigenvalue weighted by atomic mass is 10.3. The van der Waals surface area contributed by atoms with E-state index in [1.54, 1.807) is 13.0 Å². The predicted molar refractivity (Wildman–Crippen MR) is 56.6 cm³/mol. The molecule has 0 bridgehead atoms. The molecule has 0 fully saturated rings. The number of hydrazine groups is 1. The van der Waals surface area contributed by atoms with Crippen LogP contribution in [0.1, 0.15) is 6.92 Å². The first-order valence-electron chi connectivity index (χ1n) is 4.06. The van der Waals surface area contributed by atoms with Gasteiger partial charge in [-0.05, 0) is 35.0 Å². The number of halogens is 1. The first-order chi connectivity index (χ1) is 6.65. The normalized spacial score (nSPS) is 11.9. The highest BCUT2D eigenvalue weighted by atomic mass is 79.9. The summed E-state index contributed by atoms with van der Waals surface area (Å²) in [5.41, 5.74) is 2.03. The molecule has 1 atom stereocenters. The van der Waals surface area contributed by atoms with Gasteiger partial charge in [-0.1, -0.05) is 12.1 Å². The molecular weight excluding hydrogens is 248 g/mol. The number of ether oxygens (including phenoxy) is 1. The van der Waals surface area contributed by atoms with E-state index in [1.165, 1.54) is 0 Å². The van der Waals surface area contributed by atoms with Crippen molar-refractivity contribution in [3.05, 3.63) is 28.7 Å². The lowest BCUT2D eigenvalue weighted by Crippen LogP contribution is -2.40. The standard InChI is InChI=1S/C9H11BrN2O2/c1-6(9(13)12-11)14-8-5-3-2-4-7(8)10/h2-6H,11H2,1H3,(H,12,13)/t6-/m1/s1. The summed E-state index contributed by atoms with van der Waals surface area (Å²) < 4.78 is 6.16. The van der Waals surface area contributed by atoms with Crippen LogP contribution in [-0.2, 0) is 4.79 Å². The van der Waals surface area contributed by atoms with Gasteiger partial charge in [0.1, 0.15) is 5.75 Å². The highest BCUT2D eigenvalue weighted by Gasteiger charge is 2.13. The largest absolute Gasteiger partial charge is 0.480 e. The molecule has 3 N–H and O–H groups in total. The lowest BCUT2D eigenvalue weighted by Gasteiger charge is -2.13. The summed E-state index contributed by atoms with van der Waals surface area (Å²) in [4.78, 5) is 11.1. The van der Waals surface area contributed by atoms with E-state index < -0.39 is 6.10 Å². The van der Waals surface area contributed by atoms with Gasteiger partial charge in [-0.25, -0.2) is 5.84 Å². The van der Waals surface area contributed by atoms with Gasteiger partial charge in [-0.3, -0.25) is 10.2 Å². The summed E-state index contributed by atoms with van der Waals surface area (Å²) in [6.07, 6.45) is -0.612. The molecular formula is C9H11BrN2O2. The fourth-order valence-corrected chi connectivity index (χ4v) is 1.28. The first kappa shape index (κ1) is 11.0. The smallest absolute Gasteiger partial charge is 0.274 e. The second-order valence-corrected chi connectivity index (χ2v) is 3.55. The van der Waals surface area contributed by atoms with Gasteiger partial charge in [-0.15, -0.1) is 0 Å². The molecule has 0 saturated carbocycles. The zero-order valence-electron chi connectivity index (χ0n) is 7.66. The van der Waals surface area contributed by atoms with E-state index in [0.29, 0.717) is 5.75 Å². The van der Waals surface area contributed by atoms with Crippen molar-refractivity contribution in [2.45, 2.75) is 13.0 Å². The minimum absolute atomic E-state index is 0.360. The Morgan fingerprint density at radius 3 is 2.79 bits per heavy atom. The molecule has 1 aromatic rings. The SMILES string of the molecule is C[C@@H](Oc1ccccc1Br)C(=O)NN. The van der Waals surface area contributed by atoms with Crippen molar-refractivity contribution in [2.75, 3.05) is 0 Å². The van der Waals surface area contributed by atoms with E-state index in [0.717, 1.165) is 4.47 Å². The van der Waals surface area contributed by atoms with Crippen LogP contribution in [0.15, 0.2) is 28.7 Å². The van der Waals surface area contributed by atoms with Crippen molar-refractivity contribution in [3.63, 3.8) is 0 Å². The Morgan fingerprint density at radius 2 is 2.21 bits per heavy atom. The van der Waals surface area contributed by atoms with Crippen LogP contribution < -0.4 is 16.0 Å². The Bertz CT molecular complexity index is 330. The third-order valence-electron chi connectivity index (χ3n) is 1.65. The summed E-state index contributed by atoms with van der Waals surface area (Å²) in [7, 11) is 0. The predicted octanol–water partition coefficient (Wildman–Crippen LogP) is 1.21. The Balaban J connectivity index is 2.69. The van der Waals surface area contributed by atoms with E-state index in [2.05, 4.69) is 15.9 Å². The second kappa shape index (κ2) is 4.97. The number of carbonyl (C=O) groups is 1. The fourth-order valence-electron chi connectivity index (χ4n) is 0.902. The van der Waals surface area contributed by atoms with Gasteiger partial charge in [0.15, 0.2) is 6.10 Å².